The van der Waals surface area contributed by atoms with Crippen LogP contribution in [0.4, 0.5) is 17.2 Å². The van der Waals surface area contributed by atoms with Gasteiger partial charge in [0.2, 0.25) is 5.82 Å². The number of pyridine rings is 1. The minimum absolute atomic E-state index is 0.103. The summed E-state index contributed by atoms with van der Waals surface area (Å²) in [6.45, 7) is 1.84. The monoisotopic (exact) mass is 335 g/mol. The van der Waals surface area contributed by atoms with E-state index in [4.69, 9.17) is 0 Å². The number of nitrogens with zero attached hydrogens (tertiary/aromatic N) is 5. The summed E-state index contributed by atoms with van der Waals surface area (Å²) >= 11 is 0. The van der Waals surface area contributed by atoms with Crippen LogP contribution in [0, 0.1) is 17.0 Å². The van der Waals surface area contributed by atoms with Gasteiger partial charge in [0.25, 0.3) is 0 Å². The average molecular weight is 335 g/mol. The van der Waals surface area contributed by atoms with Crippen molar-refractivity contribution < 1.29 is 4.92 Å². The van der Waals surface area contributed by atoms with Crippen molar-refractivity contribution in [1.29, 1.82) is 0 Å². The first-order chi connectivity index (χ1) is 12.1. The van der Waals surface area contributed by atoms with E-state index >= 15 is 0 Å². The van der Waals surface area contributed by atoms with Crippen molar-refractivity contribution in [2.75, 3.05) is 5.32 Å². The molecule has 2 N–H and O–H groups in total. The van der Waals surface area contributed by atoms with Crippen molar-refractivity contribution >= 4 is 28.1 Å². The Labute approximate surface area is 141 Å². The molecule has 3 heterocycles. The smallest absolute Gasteiger partial charge is 0.311 e. The molecular formula is C16H13N7O2. The molecule has 0 saturated carbocycles. The lowest BCUT2D eigenvalue weighted by Crippen LogP contribution is -2.04. The Bertz CT molecular complexity index is 1080. The minimum Gasteiger partial charge on any atom is -0.334 e. The van der Waals surface area contributed by atoms with Gasteiger partial charge in [0.05, 0.1) is 16.6 Å². The number of nitro groups is 1. The lowest BCUT2D eigenvalue weighted by Gasteiger charge is -2.10. The van der Waals surface area contributed by atoms with Gasteiger partial charge in [0.1, 0.15) is 11.6 Å². The second-order valence-electron chi connectivity index (χ2n) is 5.44. The number of aromatic amines is 1. The van der Waals surface area contributed by atoms with Gasteiger partial charge in [0, 0.05) is 29.5 Å². The molecule has 0 bridgehead atoms. The number of hydrogen-bond acceptors (Lipinski definition) is 6. The maximum Gasteiger partial charge on any atom is 0.311 e. The molecule has 1 aromatic carbocycles. The van der Waals surface area contributed by atoms with Crippen LogP contribution in [0.25, 0.3) is 16.7 Å². The molecule has 9 nitrogen and oxygen atoms in total. The molecule has 0 amide bonds. The molecule has 9 heteroatoms. The minimum atomic E-state index is -0.462. The average Bonchev–Trinajstić information content (AvgIpc) is 3.22. The predicted octanol–water partition coefficient (Wildman–Crippen LogP) is 3.10. The summed E-state index contributed by atoms with van der Waals surface area (Å²) in [7, 11) is 0. The van der Waals surface area contributed by atoms with Crippen LogP contribution in [-0.4, -0.2) is 29.7 Å². The SMILES string of the molecule is Cc1nccn1-c1ccc([N+](=O)[O-])c(Nc2ccc3[nH]ncc3c2)n1. The highest BCUT2D eigenvalue weighted by atomic mass is 16.6. The summed E-state index contributed by atoms with van der Waals surface area (Å²) in [6, 6.07) is 8.53. The Morgan fingerprint density at radius 1 is 1.28 bits per heavy atom. The maximum atomic E-state index is 11.3. The third kappa shape index (κ3) is 2.67. The molecule has 4 aromatic rings. The highest BCUT2D eigenvalue weighted by Crippen LogP contribution is 2.28. The van der Waals surface area contributed by atoms with E-state index in [1.165, 1.54) is 6.07 Å². The van der Waals surface area contributed by atoms with E-state index in [-0.39, 0.29) is 11.5 Å². The second-order valence-corrected chi connectivity index (χ2v) is 5.44. The summed E-state index contributed by atoms with van der Waals surface area (Å²) in [5.74, 6) is 1.46. The quantitative estimate of drug-likeness (QED) is 0.437. The molecule has 0 fully saturated rings. The molecule has 0 aliphatic carbocycles. The molecule has 0 unspecified atom stereocenters. The molecular weight excluding hydrogens is 322 g/mol. The van der Waals surface area contributed by atoms with Crippen LogP contribution in [0.3, 0.4) is 0 Å². The molecule has 0 radical (unpaired) electrons. The molecule has 0 saturated heterocycles. The van der Waals surface area contributed by atoms with E-state index in [1.807, 2.05) is 19.1 Å². The van der Waals surface area contributed by atoms with Gasteiger partial charge in [-0.2, -0.15) is 5.10 Å². The number of fused-ring (bicyclic) bond motifs is 1. The zero-order chi connectivity index (χ0) is 17.4. The third-order valence-electron chi connectivity index (χ3n) is 3.83. The first-order valence-electron chi connectivity index (χ1n) is 7.48. The standard InChI is InChI=1S/C16H13N7O2/c1-10-17-6-7-22(10)15-5-4-14(23(24)25)16(20-15)19-12-2-3-13-11(8-12)9-18-21-13/h2-9H,1H3,(H,18,21)(H,19,20). The first kappa shape index (κ1) is 14.8. The highest BCUT2D eigenvalue weighted by molar-refractivity contribution is 5.83. The van der Waals surface area contributed by atoms with Crippen molar-refractivity contribution in [1.82, 2.24) is 24.7 Å². The lowest BCUT2D eigenvalue weighted by atomic mass is 10.2. The van der Waals surface area contributed by atoms with E-state index < -0.39 is 4.92 Å². The third-order valence-corrected chi connectivity index (χ3v) is 3.83. The zero-order valence-electron chi connectivity index (χ0n) is 13.2. The van der Waals surface area contributed by atoms with Crippen LogP contribution in [0.15, 0.2) is 48.9 Å². The van der Waals surface area contributed by atoms with E-state index in [9.17, 15) is 10.1 Å². The van der Waals surface area contributed by atoms with E-state index in [0.29, 0.717) is 11.5 Å². The van der Waals surface area contributed by atoms with Gasteiger partial charge < -0.3 is 5.32 Å². The lowest BCUT2D eigenvalue weighted by molar-refractivity contribution is -0.384. The number of nitrogens with one attached hydrogen (secondary N) is 2. The van der Waals surface area contributed by atoms with Crippen molar-refractivity contribution in [3.05, 3.63) is 64.9 Å². The Kier molecular flexibility index (Phi) is 3.38. The molecule has 0 aliphatic heterocycles. The van der Waals surface area contributed by atoms with Crippen LogP contribution in [0.5, 0.6) is 0 Å². The van der Waals surface area contributed by atoms with Crippen molar-refractivity contribution in [3.63, 3.8) is 0 Å². The summed E-state index contributed by atoms with van der Waals surface area (Å²) in [6.07, 6.45) is 5.09. The van der Waals surface area contributed by atoms with E-state index in [0.717, 1.165) is 16.7 Å². The molecule has 25 heavy (non-hydrogen) atoms. The number of aromatic nitrogens is 5. The van der Waals surface area contributed by atoms with Gasteiger partial charge >= 0.3 is 5.69 Å². The Morgan fingerprint density at radius 2 is 2.16 bits per heavy atom. The number of rotatable bonds is 4. The number of imidazole rings is 1. The van der Waals surface area contributed by atoms with Crippen molar-refractivity contribution in [2.45, 2.75) is 6.92 Å². The number of H-pyrrole nitrogens is 1. The Morgan fingerprint density at radius 3 is 2.92 bits per heavy atom. The zero-order valence-corrected chi connectivity index (χ0v) is 13.2. The number of benzene rings is 1. The van der Waals surface area contributed by atoms with Crippen LogP contribution in [-0.2, 0) is 0 Å². The van der Waals surface area contributed by atoms with Crippen LogP contribution < -0.4 is 5.32 Å². The molecule has 124 valence electrons. The van der Waals surface area contributed by atoms with Gasteiger partial charge in [-0.05, 0) is 31.2 Å². The second kappa shape index (κ2) is 5.71. The van der Waals surface area contributed by atoms with Gasteiger partial charge in [-0.15, -0.1) is 0 Å². The fraction of sp³-hybridized carbons (Fsp3) is 0.0625. The van der Waals surface area contributed by atoms with Crippen LogP contribution in [0.1, 0.15) is 5.82 Å². The molecule has 0 aliphatic rings. The van der Waals surface area contributed by atoms with E-state index in [1.54, 1.807) is 35.3 Å². The largest absolute Gasteiger partial charge is 0.334 e. The van der Waals surface area contributed by atoms with E-state index in [2.05, 4.69) is 25.5 Å². The van der Waals surface area contributed by atoms with Crippen LogP contribution in [0.2, 0.25) is 0 Å². The molecule has 3 aromatic heterocycles. The normalized spacial score (nSPS) is 10.9. The van der Waals surface area contributed by atoms with Gasteiger partial charge in [0.15, 0.2) is 0 Å². The first-order valence-corrected chi connectivity index (χ1v) is 7.48. The summed E-state index contributed by atoms with van der Waals surface area (Å²) in [5.41, 5.74) is 1.47. The molecule has 0 spiro atoms. The Hall–Kier alpha value is -3.75. The van der Waals surface area contributed by atoms with Gasteiger partial charge in [-0.25, -0.2) is 9.97 Å². The summed E-state index contributed by atoms with van der Waals surface area (Å²) in [5, 5.41) is 22.1. The summed E-state index contributed by atoms with van der Waals surface area (Å²) < 4.78 is 1.76. The molecule has 0 atom stereocenters. The predicted molar refractivity (Wildman–Crippen MR) is 92.1 cm³/mol. The topological polar surface area (TPSA) is 115 Å². The van der Waals surface area contributed by atoms with Gasteiger partial charge in [-0.1, -0.05) is 0 Å². The number of hydrogen-bond donors (Lipinski definition) is 2. The molecule has 4 rings (SSSR count). The number of aryl methyl sites for hydroxylation is 1. The van der Waals surface area contributed by atoms with Gasteiger partial charge in [-0.3, -0.25) is 19.8 Å². The van der Waals surface area contributed by atoms with Crippen molar-refractivity contribution in [2.24, 2.45) is 0 Å². The summed E-state index contributed by atoms with van der Waals surface area (Å²) in [4.78, 5) is 19.4. The Balaban J connectivity index is 1.77. The maximum absolute atomic E-state index is 11.3. The fourth-order valence-corrected chi connectivity index (χ4v) is 2.59. The van der Waals surface area contributed by atoms with Crippen molar-refractivity contribution in [3.8, 4) is 5.82 Å². The van der Waals surface area contributed by atoms with Crippen LogP contribution >= 0.6 is 0 Å². The highest BCUT2D eigenvalue weighted by Gasteiger charge is 2.17. The fourth-order valence-electron chi connectivity index (χ4n) is 2.59. The number of anilines is 2.